The van der Waals surface area contributed by atoms with Gasteiger partial charge < -0.3 is 15.2 Å². The summed E-state index contributed by atoms with van der Waals surface area (Å²) in [4.78, 5) is 2.44. The summed E-state index contributed by atoms with van der Waals surface area (Å²) in [6, 6.07) is 15.0. The minimum absolute atomic E-state index is 0.220. The Hall–Kier alpha value is -2.04. The standard InChI is InChI=1S/C19H24N2O2/c1-13(14-7-9-15(22-2)10-8-14)21-12-17-16(18(21)11-20)5-4-6-19(17)23-3/h4-10,13,18H,11-12,20H2,1-3H3. The molecule has 1 aliphatic rings. The molecule has 0 saturated carbocycles. The molecule has 4 nitrogen and oxygen atoms in total. The van der Waals surface area contributed by atoms with E-state index in [0.29, 0.717) is 6.54 Å². The zero-order valence-corrected chi connectivity index (χ0v) is 14.0. The highest BCUT2D eigenvalue weighted by molar-refractivity contribution is 5.45. The van der Waals surface area contributed by atoms with Crippen LogP contribution in [-0.2, 0) is 6.54 Å². The third-order valence-corrected chi connectivity index (χ3v) is 4.81. The molecule has 0 saturated heterocycles. The molecule has 2 N–H and O–H groups in total. The van der Waals surface area contributed by atoms with E-state index in [1.165, 1.54) is 16.7 Å². The summed E-state index contributed by atoms with van der Waals surface area (Å²) in [6.07, 6.45) is 0. The van der Waals surface area contributed by atoms with E-state index >= 15 is 0 Å². The van der Waals surface area contributed by atoms with E-state index in [1.54, 1.807) is 14.2 Å². The van der Waals surface area contributed by atoms with Crippen molar-refractivity contribution < 1.29 is 9.47 Å². The lowest BCUT2D eigenvalue weighted by Gasteiger charge is -2.30. The Morgan fingerprint density at radius 1 is 1.13 bits per heavy atom. The molecule has 122 valence electrons. The van der Waals surface area contributed by atoms with Crippen molar-refractivity contribution in [3.05, 3.63) is 59.2 Å². The van der Waals surface area contributed by atoms with E-state index in [2.05, 4.69) is 30.0 Å². The number of rotatable bonds is 5. The monoisotopic (exact) mass is 312 g/mol. The molecule has 0 amide bonds. The molecule has 3 rings (SSSR count). The summed E-state index contributed by atoms with van der Waals surface area (Å²) in [5.41, 5.74) is 9.89. The highest BCUT2D eigenvalue weighted by Crippen LogP contribution is 2.42. The van der Waals surface area contributed by atoms with E-state index in [9.17, 15) is 0 Å². The molecule has 0 radical (unpaired) electrons. The Bertz CT molecular complexity index is 670. The van der Waals surface area contributed by atoms with Crippen LogP contribution in [-0.4, -0.2) is 25.7 Å². The van der Waals surface area contributed by atoms with Gasteiger partial charge >= 0.3 is 0 Å². The van der Waals surface area contributed by atoms with Gasteiger partial charge in [0.15, 0.2) is 0 Å². The first-order valence-electron chi connectivity index (χ1n) is 7.95. The lowest BCUT2D eigenvalue weighted by atomic mass is 10.0. The van der Waals surface area contributed by atoms with E-state index < -0.39 is 0 Å². The quantitative estimate of drug-likeness (QED) is 0.920. The first-order chi connectivity index (χ1) is 11.2. The fourth-order valence-corrected chi connectivity index (χ4v) is 3.47. The number of ether oxygens (including phenoxy) is 2. The average molecular weight is 312 g/mol. The molecule has 0 aliphatic carbocycles. The van der Waals surface area contributed by atoms with E-state index in [4.69, 9.17) is 15.2 Å². The molecule has 1 aliphatic heterocycles. The Morgan fingerprint density at radius 3 is 2.48 bits per heavy atom. The van der Waals surface area contributed by atoms with E-state index in [1.807, 2.05) is 24.3 Å². The van der Waals surface area contributed by atoms with Crippen molar-refractivity contribution in [3.63, 3.8) is 0 Å². The Morgan fingerprint density at radius 2 is 1.87 bits per heavy atom. The number of nitrogens with zero attached hydrogens (tertiary/aromatic N) is 1. The van der Waals surface area contributed by atoms with Gasteiger partial charge in [0, 0.05) is 30.7 Å². The highest BCUT2D eigenvalue weighted by Gasteiger charge is 2.34. The summed E-state index contributed by atoms with van der Waals surface area (Å²) in [5, 5.41) is 0. The lowest BCUT2D eigenvalue weighted by molar-refractivity contribution is 0.160. The van der Waals surface area contributed by atoms with Crippen LogP contribution in [0.2, 0.25) is 0 Å². The molecular weight excluding hydrogens is 288 g/mol. The molecule has 0 fully saturated rings. The second-order valence-corrected chi connectivity index (χ2v) is 5.90. The molecule has 2 aromatic carbocycles. The Labute approximate surface area is 137 Å². The van der Waals surface area contributed by atoms with Crippen LogP contribution in [0.25, 0.3) is 0 Å². The number of fused-ring (bicyclic) bond motifs is 1. The van der Waals surface area contributed by atoms with E-state index in [-0.39, 0.29) is 12.1 Å². The van der Waals surface area contributed by atoms with Gasteiger partial charge in [0.05, 0.1) is 14.2 Å². The number of hydrogen-bond donors (Lipinski definition) is 1. The maximum atomic E-state index is 6.09. The fourth-order valence-electron chi connectivity index (χ4n) is 3.47. The second-order valence-electron chi connectivity index (χ2n) is 5.90. The van der Waals surface area contributed by atoms with Crippen molar-refractivity contribution in [2.24, 2.45) is 5.73 Å². The summed E-state index contributed by atoms with van der Waals surface area (Å²) < 4.78 is 10.8. The van der Waals surface area contributed by atoms with Gasteiger partial charge in [0.1, 0.15) is 11.5 Å². The highest BCUT2D eigenvalue weighted by atomic mass is 16.5. The molecule has 2 aromatic rings. The lowest BCUT2D eigenvalue weighted by Crippen LogP contribution is -2.30. The van der Waals surface area contributed by atoms with Gasteiger partial charge in [-0.1, -0.05) is 24.3 Å². The third-order valence-electron chi connectivity index (χ3n) is 4.81. The van der Waals surface area contributed by atoms with Crippen LogP contribution < -0.4 is 15.2 Å². The van der Waals surface area contributed by atoms with Crippen molar-refractivity contribution in [1.29, 1.82) is 0 Å². The maximum Gasteiger partial charge on any atom is 0.123 e. The predicted octanol–water partition coefficient (Wildman–Crippen LogP) is 3.28. The molecule has 2 atom stereocenters. The summed E-state index contributed by atoms with van der Waals surface area (Å²) in [5.74, 6) is 1.83. The Balaban J connectivity index is 1.90. The van der Waals surface area contributed by atoms with Crippen molar-refractivity contribution in [2.45, 2.75) is 25.6 Å². The van der Waals surface area contributed by atoms with Gasteiger partial charge in [-0.05, 0) is 36.2 Å². The van der Waals surface area contributed by atoms with Crippen LogP contribution in [0.15, 0.2) is 42.5 Å². The Kier molecular flexibility index (Phi) is 4.55. The second kappa shape index (κ2) is 6.60. The third kappa shape index (κ3) is 2.80. The number of hydrogen-bond acceptors (Lipinski definition) is 4. The SMILES string of the molecule is COc1ccc(C(C)N2Cc3c(OC)cccc3C2CN)cc1. The van der Waals surface area contributed by atoms with Crippen LogP contribution in [0.1, 0.15) is 35.7 Å². The molecule has 0 spiro atoms. The van der Waals surface area contributed by atoms with Crippen LogP contribution in [0.4, 0.5) is 0 Å². The zero-order valence-electron chi connectivity index (χ0n) is 14.0. The first-order valence-corrected chi connectivity index (χ1v) is 7.95. The van der Waals surface area contributed by atoms with Crippen LogP contribution in [0.5, 0.6) is 11.5 Å². The fraction of sp³-hybridized carbons (Fsp3) is 0.368. The van der Waals surface area contributed by atoms with Crippen molar-refractivity contribution in [2.75, 3.05) is 20.8 Å². The average Bonchev–Trinajstić information content (AvgIpc) is 2.99. The van der Waals surface area contributed by atoms with Crippen molar-refractivity contribution in [3.8, 4) is 11.5 Å². The molecule has 0 bridgehead atoms. The predicted molar refractivity (Wildman–Crippen MR) is 91.7 cm³/mol. The molecule has 4 heteroatoms. The van der Waals surface area contributed by atoms with Gasteiger partial charge in [-0.3, -0.25) is 4.90 Å². The van der Waals surface area contributed by atoms with Crippen LogP contribution in [0.3, 0.4) is 0 Å². The van der Waals surface area contributed by atoms with Gasteiger partial charge in [-0.2, -0.15) is 0 Å². The number of methoxy groups -OCH3 is 2. The molecule has 23 heavy (non-hydrogen) atoms. The summed E-state index contributed by atoms with van der Waals surface area (Å²) in [7, 11) is 3.41. The first kappa shape index (κ1) is 15.8. The summed E-state index contributed by atoms with van der Waals surface area (Å²) >= 11 is 0. The van der Waals surface area contributed by atoms with Crippen molar-refractivity contribution in [1.82, 2.24) is 4.90 Å². The van der Waals surface area contributed by atoms with Crippen molar-refractivity contribution >= 4 is 0 Å². The zero-order chi connectivity index (χ0) is 16.4. The van der Waals surface area contributed by atoms with Gasteiger partial charge in [-0.15, -0.1) is 0 Å². The number of benzene rings is 2. The number of nitrogens with two attached hydrogens (primary N) is 1. The molecule has 1 heterocycles. The minimum Gasteiger partial charge on any atom is -0.497 e. The van der Waals surface area contributed by atoms with Gasteiger partial charge in [0.25, 0.3) is 0 Å². The van der Waals surface area contributed by atoms with Gasteiger partial charge in [-0.25, -0.2) is 0 Å². The molecule has 2 unspecified atom stereocenters. The molecular formula is C19H24N2O2. The summed E-state index contributed by atoms with van der Waals surface area (Å²) in [6.45, 7) is 3.68. The van der Waals surface area contributed by atoms with E-state index in [0.717, 1.165) is 18.0 Å². The van der Waals surface area contributed by atoms with Gasteiger partial charge in [0.2, 0.25) is 0 Å². The maximum absolute atomic E-state index is 6.09. The topological polar surface area (TPSA) is 47.7 Å². The van der Waals surface area contributed by atoms with Crippen LogP contribution in [0, 0.1) is 0 Å². The van der Waals surface area contributed by atoms with Crippen LogP contribution >= 0.6 is 0 Å². The smallest absolute Gasteiger partial charge is 0.123 e. The minimum atomic E-state index is 0.220. The normalized spacial score (nSPS) is 18.5. The molecule has 0 aromatic heterocycles. The largest absolute Gasteiger partial charge is 0.497 e.